The van der Waals surface area contributed by atoms with E-state index in [4.69, 9.17) is 5.73 Å². The fraction of sp³-hybridized carbons (Fsp3) is 0.571. The molecule has 0 spiro atoms. The van der Waals surface area contributed by atoms with Crippen LogP contribution >= 0.6 is 15.9 Å². The van der Waals surface area contributed by atoms with Gasteiger partial charge in [0.1, 0.15) is 0 Å². The zero-order valence-corrected chi connectivity index (χ0v) is 12.0. The van der Waals surface area contributed by atoms with E-state index in [9.17, 15) is 0 Å². The largest absolute Gasteiger partial charge is 0.399 e. The Morgan fingerprint density at radius 2 is 2.18 bits per heavy atom. The molecule has 0 aliphatic carbocycles. The first-order chi connectivity index (χ1) is 8.22. The third kappa shape index (κ3) is 2.95. The van der Waals surface area contributed by atoms with Crippen molar-refractivity contribution in [2.75, 3.05) is 17.2 Å². The average Bonchev–Trinajstić information content (AvgIpc) is 2.54. The second-order valence-electron chi connectivity index (χ2n) is 4.82. The summed E-state index contributed by atoms with van der Waals surface area (Å²) in [6.45, 7) is 3.45. The Hall–Kier alpha value is -0.700. The Morgan fingerprint density at radius 1 is 1.35 bits per heavy atom. The SMILES string of the molecule is CCC1CCCCCN1c1ccc(N)cc1Br. The van der Waals surface area contributed by atoms with Crippen LogP contribution in [0.5, 0.6) is 0 Å². The predicted octanol–water partition coefficient (Wildman–Crippen LogP) is 4.19. The molecule has 0 radical (unpaired) electrons. The molecule has 94 valence electrons. The highest BCUT2D eigenvalue weighted by Crippen LogP contribution is 2.33. The fourth-order valence-corrected chi connectivity index (χ4v) is 3.30. The number of hydrogen-bond acceptors (Lipinski definition) is 2. The van der Waals surface area contributed by atoms with Crippen LogP contribution in [0.15, 0.2) is 22.7 Å². The van der Waals surface area contributed by atoms with Crippen LogP contribution in [-0.4, -0.2) is 12.6 Å². The van der Waals surface area contributed by atoms with Crippen LogP contribution in [-0.2, 0) is 0 Å². The second kappa shape index (κ2) is 5.76. The minimum absolute atomic E-state index is 0.678. The highest BCUT2D eigenvalue weighted by Gasteiger charge is 2.21. The molecule has 1 heterocycles. The summed E-state index contributed by atoms with van der Waals surface area (Å²) < 4.78 is 1.12. The van der Waals surface area contributed by atoms with Crippen molar-refractivity contribution in [3.63, 3.8) is 0 Å². The van der Waals surface area contributed by atoms with Crippen molar-refractivity contribution >= 4 is 27.3 Å². The summed E-state index contributed by atoms with van der Waals surface area (Å²) >= 11 is 3.64. The van der Waals surface area contributed by atoms with Gasteiger partial charge in [0.2, 0.25) is 0 Å². The first kappa shape index (κ1) is 12.7. The van der Waals surface area contributed by atoms with E-state index in [1.54, 1.807) is 0 Å². The lowest BCUT2D eigenvalue weighted by Gasteiger charge is -2.32. The molecule has 2 rings (SSSR count). The van der Waals surface area contributed by atoms with Gasteiger partial charge in [0.25, 0.3) is 0 Å². The smallest absolute Gasteiger partial charge is 0.0514 e. The first-order valence-electron chi connectivity index (χ1n) is 6.54. The number of nitrogens with zero attached hydrogens (tertiary/aromatic N) is 1. The van der Waals surface area contributed by atoms with E-state index in [2.05, 4.69) is 33.8 Å². The molecular formula is C14H21BrN2. The summed E-state index contributed by atoms with van der Waals surface area (Å²) in [6, 6.07) is 6.83. The van der Waals surface area contributed by atoms with Gasteiger partial charge in [0.15, 0.2) is 0 Å². The molecule has 0 aromatic heterocycles. The standard InChI is InChI=1S/C14H21BrN2/c1-2-12-6-4-3-5-9-17(12)14-8-7-11(16)10-13(14)15/h7-8,10,12H,2-6,9,16H2,1H3. The van der Waals surface area contributed by atoms with Gasteiger partial charge in [-0.25, -0.2) is 0 Å². The normalized spacial score (nSPS) is 21.3. The topological polar surface area (TPSA) is 29.3 Å². The summed E-state index contributed by atoms with van der Waals surface area (Å²) in [5.41, 5.74) is 7.93. The maximum atomic E-state index is 5.81. The summed E-state index contributed by atoms with van der Waals surface area (Å²) in [6.07, 6.45) is 6.55. The van der Waals surface area contributed by atoms with Crippen molar-refractivity contribution in [1.82, 2.24) is 0 Å². The maximum Gasteiger partial charge on any atom is 0.0514 e. The van der Waals surface area contributed by atoms with E-state index in [0.717, 1.165) is 10.2 Å². The second-order valence-corrected chi connectivity index (χ2v) is 5.67. The molecule has 1 fully saturated rings. The van der Waals surface area contributed by atoms with Crippen molar-refractivity contribution < 1.29 is 0 Å². The molecular weight excluding hydrogens is 276 g/mol. The van der Waals surface area contributed by atoms with Gasteiger partial charge in [-0.05, 0) is 53.4 Å². The maximum absolute atomic E-state index is 5.81. The van der Waals surface area contributed by atoms with Gasteiger partial charge in [-0.3, -0.25) is 0 Å². The molecule has 3 heteroatoms. The Bertz CT molecular complexity index is 378. The quantitative estimate of drug-likeness (QED) is 0.829. The van der Waals surface area contributed by atoms with E-state index in [1.807, 2.05) is 12.1 Å². The molecule has 0 amide bonds. The molecule has 0 saturated carbocycles. The van der Waals surface area contributed by atoms with E-state index < -0.39 is 0 Å². The van der Waals surface area contributed by atoms with Crippen molar-refractivity contribution in [3.05, 3.63) is 22.7 Å². The van der Waals surface area contributed by atoms with Crippen molar-refractivity contribution in [2.24, 2.45) is 0 Å². The van der Waals surface area contributed by atoms with Gasteiger partial charge in [-0.1, -0.05) is 19.8 Å². The van der Waals surface area contributed by atoms with Gasteiger partial charge in [-0.15, -0.1) is 0 Å². The van der Waals surface area contributed by atoms with Crippen LogP contribution in [0.25, 0.3) is 0 Å². The fourth-order valence-electron chi connectivity index (χ4n) is 2.68. The average molecular weight is 297 g/mol. The number of hydrogen-bond donors (Lipinski definition) is 1. The van der Waals surface area contributed by atoms with Crippen molar-refractivity contribution in [3.8, 4) is 0 Å². The van der Waals surface area contributed by atoms with Gasteiger partial charge >= 0.3 is 0 Å². The third-order valence-corrected chi connectivity index (χ3v) is 4.26. The van der Waals surface area contributed by atoms with Crippen LogP contribution in [0.3, 0.4) is 0 Å². The number of anilines is 2. The van der Waals surface area contributed by atoms with E-state index in [1.165, 1.54) is 44.3 Å². The molecule has 2 N–H and O–H groups in total. The predicted molar refractivity (Wildman–Crippen MR) is 78.4 cm³/mol. The Balaban J connectivity index is 2.28. The lowest BCUT2D eigenvalue weighted by atomic mass is 10.1. The highest BCUT2D eigenvalue weighted by atomic mass is 79.9. The Kier molecular flexibility index (Phi) is 4.32. The van der Waals surface area contributed by atoms with Gasteiger partial charge in [-0.2, -0.15) is 0 Å². The van der Waals surface area contributed by atoms with E-state index in [0.29, 0.717) is 6.04 Å². The van der Waals surface area contributed by atoms with E-state index in [-0.39, 0.29) is 0 Å². The Labute approximate surface area is 112 Å². The molecule has 2 nitrogen and oxygen atoms in total. The third-order valence-electron chi connectivity index (χ3n) is 3.63. The van der Waals surface area contributed by atoms with Gasteiger partial charge < -0.3 is 10.6 Å². The monoisotopic (exact) mass is 296 g/mol. The number of rotatable bonds is 2. The minimum Gasteiger partial charge on any atom is -0.399 e. The molecule has 1 saturated heterocycles. The Morgan fingerprint density at radius 3 is 2.88 bits per heavy atom. The molecule has 1 aliphatic heterocycles. The van der Waals surface area contributed by atoms with Crippen LogP contribution in [0.2, 0.25) is 0 Å². The number of benzene rings is 1. The van der Waals surface area contributed by atoms with Gasteiger partial charge in [0, 0.05) is 22.7 Å². The van der Waals surface area contributed by atoms with E-state index >= 15 is 0 Å². The van der Waals surface area contributed by atoms with Gasteiger partial charge in [0.05, 0.1) is 5.69 Å². The summed E-state index contributed by atoms with van der Waals surface area (Å²) in [5, 5.41) is 0. The number of nitrogens with two attached hydrogens (primary N) is 1. The van der Waals surface area contributed by atoms with Crippen molar-refractivity contribution in [2.45, 2.75) is 45.1 Å². The minimum atomic E-state index is 0.678. The molecule has 1 unspecified atom stereocenters. The zero-order chi connectivity index (χ0) is 12.3. The highest BCUT2D eigenvalue weighted by molar-refractivity contribution is 9.10. The number of nitrogen functional groups attached to an aromatic ring is 1. The summed E-state index contributed by atoms with van der Waals surface area (Å²) in [7, 11) is 0. The molecule has 1 atom stereocenters. The summed E-state index contributed by atoms with van der Waals surface area (Å²) in [4.78, 5) is 2.55. The van der Waals surface area contributed by atoms with Crippen LogP contribution < -0.4 is 10.6 Å². The lowest BCUT2D eigenvalue weighted by Crippen LogP contribution is -2.34. The molecule has 1 aromatic carbocycles. The van der Waals surface area contributed by atoms with Crippen LogP contribution in [0.1, 0.15) is 39.0 Å². The van der Waals surface area contributed by atoms with Crippen molar-refractivity contribution in [1.29, 1.82) is 0 Å². The molecule has 1 aliphatic rings. The first-order valence-corrected chi connectivity index (χ1v) is 7.33. The molecule has 17 heavy (non-hydrogen) atoms. The number of halogens is 1. The van der Waals surface area contributed by atoms with Crippen LogP contribution in [0.4, 0.5) is 11.4 Å². The van der Waals surface area contributed by atoms with Crippen LogP contribution in [0, 0.1) is 0 Å². The molecule has 1 aromatic rings. The zero-order valence-electron chi connectivity index (χ0n) is 10.5. The molecule has 0 bridgehead atoms. The summed E-state index contributed by atoms with van der Waals surface area (Å²) in [5.74, 6) is 0. The lowest BCUT2D eigenvalue weighted by molar-refractivity contribution is 0.556.